The predicted octanol–water partition coefficient (Wildman–Crippen LogP) is 18.8. The Labute approximate surface area is 417 Å². The van der Waals surface area contributed by atoms with Crippen LogP contribution in [-0.4, -0.2) is 0 Å². The lowest BCUT2D eigenvalue weighted by atomic mass is 9.65. The lowest BCUT2D eigenvalue weighted by molar-refractivity contribution is 0.447. The van der Waals surface area contributed by atoms with E-state index in [1.165, 1.54) is 33.4 Å². The molecule has 3 nitrogen and oxygen atoms in total. The van der Waals surface area contributed by atoms with Crippen molar-refractivity contribution in [3.05, 3.63) is 283 Å². The molecule has 15 rings (SSSR count). The minimum atomic E-state index is -0.621. The summed E-state index contributed by atoms with van der Waals surface area (Å²) in [6, 6.07) is 94.6. The average Bonchev–Trinajstić information content (AvgIpc) is 3.98. The Morgan fingerprint density at radius 2 is 0.778 bits per heavy atom. The van der Waals surface area contributed by atoms with Crippen LogP contribution >= 0.6 is 0 Å². The molecule has 0 unspecified atom stereocenters. The number of para-hydroxylation sites is 2. The van der Waals surface area contributed by atoms with Gasteiger partial charge >= 0.3 is 0 Å². The first-order chi connectivity index (χ1) is 35.7. The van der Waals surface area contributed by atoms with Crippen molar-refractivity contribution < 1.29 is 9.15 Å². The van der Waals surface area contributed by atoms with Crippen LogP contribution in [0.4, 0.5) is 17.1 Å². The quantitative estimate of drug-likeness (QED) is 0.166. The van der Waals surface area contributed by atoms with Crippen LogP contribution < -0.4 is 9.64 Å². The van der Waals surface area contributed by atoms with Crippen LogP contribution in [0, 0.1) is 0 Å². The molecule has 0 N–H and O–H groups in total. The van der Waals surface area contributed by atoms with Gasteiger partial charge in [-0.25, -0.2) is 0 Å². The Bertz CT molecular complexity index is 4200. The number of hydrogen-bond donors (Lipinski definition) is 0. The summed E-state index contributed by atoms with van der Waals surface area (Å²) in [5.74, 6) is 1.84. The summed E-state index contributed by atoms with van der Waals surface area (Å²) < 4.78 is 13.7. The third kappa shape index (κ3) is 5.98. The van der Waals surface area contributed by atoms with Gasteiger partial charge in [-0.3, -0.25) is 0 Å². The van der Waals surface area contributed by atoms with Crippen molar-refractivity contribution >= 4 is 60.5 Å². The number of ether oxygens (including phenoxy) is 1. The maximum Gasteiger partial charge on any atom is 0.143 e. The van der Waals surface area contributed by atoms with Crippen molar-refractivity contribution in [2.75, 3.05) is 4.90 Å². The van der Waals surface area contributed by atoms with E-state index in [9.17, 15) is 0 Å². The first-order valence-corrected chi connectivity index (χ1v) is 24.7. The summed E-state index contributed by atoms with van der Waals surface area (Å²) in [5, 5.41) is 6.80. The highest BCUT2D eigenvalue weighted by molar-refractivity contribution is 6.09. The Kier molecular flexibility index (Phi) is 8.87. The van der Waals surface area contributed by atoms with Crippen molar-refractivity contribution in [3.63, 3.8) is 0 Å². The molecular formula is C69H43NO2. The Morgan fingerprint density at radius 3 is 1.44 bits per heavy atom. The molecule has 0 radical (unpaired) electrons. The summed E-state index contributed by atoms with van der Waals surface area (Å²) >= 11 is 0. The molecule has 336 valence electrons. The summed E-state index contributed by atoms with van der Waals surface area (Å²) in [7, 11) is 0. The molecule has 0 bridgehead atoms. The molecule has 0 fully saturated rings. The van der Waals surface area contributed by atoms with Crippen LogP contribution in [0.25, 0.3) is 88.0 Å². The maximum atomic E-state index is 7.22. The van der Waals surface area contributed by atoms with Gasteiger partial charge in [0.15, 0.2) is 0 Å². The number of hydrogen-bond acceptors (Lipinski definition) is 3. The van der Waals surface area contributed by atoms with E-state index in [1.54, 1.807) is 0 Å². The molecule has 1 aliphatic carbocycles. The van der Waals surface area contributed by atoms with Crippen molar-refractivity contribution in [2.24, 2.45) is 0 Å². The summed E-state index contributed by atoms with van der Waals surface area (Å²) in [5.41, 5.74) is 18.6. The molecule has 1 aromatic heterocycles. The number of fused-ring (bicyclic) bond motifs is 16. The zero-order valence-corrected chi connectivity index (χ0v) is 39.1. The second-order valence-corrected chi connectivity index (χ2v) is 19.1. The Morgan fingerprint density at radius 1 is 0.292 bits per heavy atom. The average molecular weight is 918 g/mol. The topological polar surface area (TPSA) is 25.6 Å². The number of benzene rings is 12. The number of furan rings is 1. The summed E-state index contributed by atoms with van der Waals surface area (Å²) in [6.07, 6.45) is 0. The SMILES string of the molecule is c1ccc(-c2ccc(N(c3ccc(-c4ccc5c(c4)C4(c6ccccc6-5)c5ccc6ccccc6c5Oc5c4ccc4ccccc54)cc3)c3ccc(-c4cccc5c4oc4ccccc45)cc3)cc2)cc1. The molecule has 12 aromatic carbocycles. The zero-order chi connectivity index (χ0) is 47.3. The van der Waals surface area contributed by atoms with Crippen molar-refractivity contribution in [3.8, 4) is 56.0 Å². The highest BCUT2D eigenvalue weighted by atomic mass is 16.5. The number of rotatable bonds is 6. The van der Waals surface area contributed by atoms with Crippen LogP contribution in [-0.2, 0) is 5.41 Å². The van der Waals surface area contributed by atoms with Crippen LogP contribution in [0.5, 0.6) is 11.5 Å². The molecule has 72 heavy (non-hydrogen) atoms. The van der Waals surface area contributed by atoms with Crippen LogP contribution in [0.15, 0.2) is 265 Å². The van der Waals surface area contributed by atoms with E-state index in [4.69, 9.17) is 9.15 Å². The van der Waals surface area contributed by atoms with Gasteiger partial charge in [0, 0.05) is 55.3 Å². The monoisotopic (exact) mass is 917 g/mol. The second-order valence-electron chi connectivity index (χ2n) is 19.1. The molecule has 3 heteroatoms. The lowest BCUT2D eigenvalue weighted by Gasteiger charge is -2.40. The van der Waals surface area contributed by atoms with Crippen molar-refractivity contribution in [1.29, 1.82) is 0 Å². The van der Waals surface area contributed by atoms with E-state index in [0.29, 0.717) is 0 Å². The molecule has 2 aliphatic rings. The fourth-order valence-electron chi connectivity index (χ4n) is 12.0. The molecule has 13 aromatic rings. The normalized spacial score (nSPS) is 12.9. The molecular weight excluding hydrogens is 875 g/mol. The van der Waals surface area contributed by atoms with Gasteiger partial charge in [-0.15, -0.1) is 0 Å². The third-order valence-corrected chi connectivity index (χ3v) is 15.3. The van der Waals surface area contributed by atoms with Gasteiger partial charge in [0.1, 0.15) is 22.7 Å². The van der Waals surface area contributed by atoms with Crippen LogP contribution in [0.1, 0.15) is 22.3 Å². The van der Waals surface area contributed by atoms with Gasteiger partial charge < -0.3 is 14.1 Å². The summed E-state index contributed by atoms with van der Waals surface area (Å²) in [6.45, 7) is 0. The van der Waals surface area contributed by atoms with Gasteiger partial charge in [0.25, 0.3) is 0 Å². The fourth-order valence-corrected chi connectivity index (χ4v) is 12.0. The lowest BCUT2D eigenvalue weighted by Crippen LogP contribution is -2.32. The smallest absolute Gasteiger partial charge is 0.143 e. The van der Waals surface area contributed by atoms with Gasteiger partial charge in [-0.05, 0) is 109 Å². The van der Waals surface area contributed by atoms with Crippen molar-refractivity contribution in [2.45, 2.75) is 5.41 Å². The van der Waals surface area contributed by atoms with E-state index < -0.39 is 5.41 Å². The van der Waals surface area contributed by atoms with E-state index in [0.717, 1.165) is 105 Å². The zero-order valence-electron chi connectivity index (χ0n) is 39.1. The second kappa shape index (κ2) is 15.8. The summed E-state index contributed by atoms with van der Waals surface area (Å²) in [4.78, 5) is 2.35. The molecule has 2 heterocycles. The predicted molar refractivity (Wildman–Crippen MR) is 297 cm³/mol. The van der Waals surface area contributed by atoms with E-state index in [2.05, 4.69) is 254 Å². The molecule has 0 saturated heterocycles. The minimum absolute atomic E-state index is 0.621. The molecule has 0 atom stereocenters. The largest absolute Gasteiger partial charge is 0.455 e. The van der Waals surface area contributed by atoms with Gasteiger partial charge in [0.2, 0.25) is 0 Å². The van der Waals surface area contributed by atoms with E-state index >= 15 is 0 Å². The fraction of sp³-hybridized carbons (Fsp3) is 0.0145. The molecule has 1 spiro atoms. The van der Waals surface area contributed by atoms with Crippen LogP contribution in [0.2, 0.25) is 0 Å². The molecule has 0 saturated carbocycles. The van der Waals surface area contributed by atoms with Gasteiger partial charge in [-0.2, -0.15) is 0 Å². The standard InChI is InChI=1S/C69H43NO2/c1-2-13-44(14-3-1)45-25-34-51(35-26-45)70(53-38-29-49(30-39-53)54-21-12-22-60-59-20-9-11-24-65(59)71-66(54)60)52-36-27-46(28-37-52)50-31-40-58-57-19-8-10-23-61(57)69(64(58)43-50)62-41-32-47-15-4-6-17-55(47)67(62)72-68-56-18-7-5-16-48(56)33-42-63(68)69/h1-43H. The van der Waals surface area contributed by atoms with Gasteiger partial charge in [0.05, 0.1) is 5.41 Å². The van der Waals surface area contributed by atoms with E-state index in [-0.39, 0.29) is 0 Å². The highest BCUT2D eigenvalue weighted by Gasteiger charge is 2.52. The van der Waals surface area contributed by atoms with Crippen molar-refractivity contribution in [1.82, 2.24) is 0 Å². The minimum Gasteiger partial charge on any atom is -0.455 e. The Balaban J connectivity index is 0.865. The highest BCUT2D eigenvalue weighted by Crippen LogP contribution is 2.64. The maximum absolute atomic E-state index is 7.22. The molecule has 0 amide bonds. The number of nitrogens with zero attached hydrogens (tertiary/aromatic N) is 1. The van der Waals surface area contributed by atoms with E-state index in [1.807, 2.05) is 12.1 Å². The van der Waals surface area contributed by atoms with Crippen LogP contribution in [0.3, 0.4) is 0 Å². The Hall–Kier alpha value is -9.44. The molecule has 1 aliphatic heterocycles. The van der Waals surface area contributed by atoms with Gasteiger partial charge in [-0.1, -0.05) is 212 Å². The number of anilines is 3. The first kappa shape index (κ1) is 40.4. The first-order valence-electron chi connectivity index (χ1n) is 24.7. The third-order valence-electron chi connectivity index (χ3n) is 15.3.